The van der Waals surface area contributed by atoms with E-state index < -0.39 is 0 Å². The zero-order valence-electron chi connectivity index (χ0n) is 20.4. The van der Waals surface area contributed by atoms with E-state index in [1.165, 1.54) is 11.1 Å². The maximum atomic E-state index is 12.8. The number of amides is 2. The van der Waals surface area contributed by atoms with Crippen LogP contribution < -0.4 is 16.4 Å². The molecule has 34 heavy (non-hydrogen) atoms. The molecule has 1 saturated heterocycles. The molecule has 0 aliphatic carbocycles. The molecule has 1 fully saturated rings. The summed E-state index contributed by atoms with van der Waals surface area (Å²) >= 11 is 0. The lowest BCUT2D eigenvalue weighted by atomic mass is 9.99. The molecule has 0 bridgehead atoms. The van der Waals surface area contributed by atoms with E-state index in [1.807, 2.05) is 11.8 Å². The fourth-order valence-electron chi connectivity index (χ4n) is 4.54. The maximum absolute atomic E-state index is 12.8. The van der Waals surface area contributed by atoms with Crippen molar-refractivity contribution in [2.75, 3.05) is 32.7 Å². The quantitative estimate of drug-likeness (QED) is 0.291. The molecule has 8 heteroatoms. The minimum absolute atomic E-state index is 0.104. The van der Waals surface area contributed by atoms with Crippen molar-refractivity contribution >= 4 is 18.5 Å². The van der Waals surface area contributed by atoms with Gasteiger partial charge in [0.1, 0.15) is 5.82 Å². The number of benzene rings is 1. The molecule has 1 aromatic carbocycles. The summed E-state index contributed by atoms with van der Waals surface area (Å²) in [6, 6.07) is 8.56. The molecule has 0 saturated carbocycles. The predicted molar refractivity (Wildman–Crippen MR) is 136 cm³/mol. The van der Waals surface area contributed by atoms with E-state index in [2.05, 4.69) is 51.5 Å². The highest BCUT2D eigenvalue weighted by molar-refractivity contribution is 5.96. The molecule has 8 nitrogen and oxygen atoms in total. The first kappa shape index (κ1) is 25.6. The second-order valence-corrected chi connectivity index (χ2v) is 9.08. The van der Waals surface area contributed by atoms with Gasteiger partial charge in [-0.3, -0.25) is 14.5 Å². The van der Waals surface area contributed by atoms with E-state index in [0.717, 1.165) is 52.0 Å². The van der Waals surface area contributed by atoms with Crippen LogP contribution in [-0.4, -0.2) is 73.1 Å². The van der Waals surface area contributed by atoms with Crippen molar-refractivity contribution in [3.63, 3.8) is 0 Å². The number of hydrogen-bond donors (Lipinski definition) is 3. The van der Waals surface area contributed by atoms with Gasteiger partial charge in [-0.15, -0.1) is 0 Å². The average Bonchev–Trinajstić information content (AvgIpc) is 2.85. The Labute approximate surface area is 203 Å². The number of nitrogens with two attached hydrogens (primary N) is 1. The summed E-state index contributed by atoms with van der Waals surface area (Å²) < 4.78 is 0. The molecule has 4 N–H and O–H groups in total. The van der Waals surface area contributed by atoms with Crippen LogP contribution in [0.25, 0.3) is 0 Å². The second-order valence-electron chi connectivity index (χ2n) is 9.08. The number of nitrogens with zero attached hydrogens (tertiary/aromatic N) is 3. The highest BCUT2D eigenvalue weighted by atomic mass is 16.2. The van der Waals surface area contributed by atoms with Crippen molar-refractivity contribution in [1.82, 2.24) is 20.4 Å². The Hall–Kier alpha value is -2.97. The molecule has 184 valence electrons. The minimum Gasteiger partial charge on any atom is -0.367 e. The molecule has 3 rings (SSSR count). The summed E-state index contributed by atoms with van der Waals surface area (Å²) in [6.45, 7) is 11.5. The number of fused-ring (bicyclic) bond motifs is 1. The third kappa shape index (κ3) is 7.27. The maximum Gasteiger partial charge on any atom is 0.251 e. The first-order valence-electron chi connectivity index (χ1n) is 12.1. The summed E-state index contributed by atoms with van der Waals surface area (Å²) in [4.78, 5) is 32.5. The van der Waals surface area contributed by atoms with Gasteiger partial charge in [-0.25, -0.2) is 4.99 Å². The van der Waals surface area contributed by atoms with Gasteiger partial charge in [0.25, 0.3) is 5.91 Å². The van der Waals surface area contributed by atoms with Gasteiger partial charge in [-0.05, 0) is 50.1 Å². The fraction of sp³-hybridized carbons (Fsp3) is 0.500. The zero-order chi connectivity index (χ0) is 24.5. The second kappa shape index (κ2) is 12.5. The number of piperidine rings is 1. The van der Waals surface area contributed by atoms with E-state index in [-0.39, 0.29) is 23.9 Å². The topological polar surface area (TPSA) is 103 Å². The van der Waals surface area contributed by atoms with Crippen LogP contribution in [0.15, 0.2) is 52.8 Å². The Balaban J connectivity index is 1.46. The van der Waals surface area contributed by atoms with Crippen molar-refractivity contribution in [3.05, 3.63) is 58.9 Å². The Morgan fingerprint density at radius 1 is 1.24 bits per heavy atom. The van der Waals surface area contributed by atoms with Crippen molar-refractivity contribution in [2.24, 2.45) is 10.7 Å². The lowest BCUT2D eigenvalue weighted by molar-refractivity contribution is -0.129. The first-order valence-corrected chi connectivity index (χ1v) is 12.1. The number of carbonyl (C=O) groups is 2. The van der Waals surface area contributed by atoms with Crippen molar-refractivity contribution in [3.8, 4) is 0 Å². The molecule has 2 aliphatic heterocycles. The van der Waals surface area contributed by atoms with E-state index >= 15 is 0 Å². The van der Waals surface area contributed by atoms with E-state index in [0.29, 0.717) is 17.9 Å². The summed E-state index contributed by atoms with van der Waals surface area (Å²) in [6.07, 6.45) is 6.17. The van der Waals surface area contributed by atoms with Crippen LogP contribution in [0.4, 0.5) is 0 Å². The third-order valence-electron chi connectivity index (χ3n) is 6.56. The first-order chi connectivity index (χ1) is 16.4. The van der Waals surface area contributed by atoms with Crippen LogP contribution in [0.5, 0.6) is 0 Å². The molecule has 2 heterocycles. The molecule has 2 aliphatic rings. The zero-order valence-corrected chi connectivity index (χ0v) is 20.4. The highest BCUT2D eigenvalue weighted by Crippen LogP contribution is 2.18. The highest BCUT2D eigenvalue weighted by Gasteiger charge is 2.22. The molecule has 1 unspecified atom stereocenters. The Morgan fingerprint density at radius 2 is 1.94 bits per heavy atom. The standard InChI is InChI=1S/C26H38N6O2/c1-4-20(15-25(28-3)30-24-10-13-32(14-11-24)19(2)33)26(34)29-16-23(27)18-31-12-9-21-7-5-6-8-22(21)17-31/h4-8,15,23-24,30H,3,9-14,16-18,27H2,1-2H3,(H,29,34)/b20-4+,25-15+. The molecular weight excluding hydrogens is 428 g/mol. The van der Waals surface area contributed by atoms with Gasteiger partial charge in [0.2, 0.25) is 5.91 Å². The summed E-state index contributed by atoms with van der Waals surface area (Å²) in [7, 11) is 0. The van der Waals surface area contributed by atoms with Crippen LogP contribution in [0, 0.1) is 0 Å². The Morgan fingerprint density at radius 3 is 2.59 bits per heavy atom. The molecular formula is C26H38N6O2. The Kier molecular flexibility index (Phi) is 9.42. The third-order valence-corrected chi connectivity index (χ3v) is 6.56. The van der Waals surface area contributed by atoms with Gasteiger partial charge in [0, 0.05) is 63.8 Å². The van der Waals surface area contributed by atoms with Crippen LogP contribution >= 0.6 is 0 Å². The normalized spacial score (nSPS) is 18.7. The molecule has 0 radical (unpaired) electrons. The van der Waals surface area contributed by atoms with Gasteiger partial charge in [0.05, 0.1) is 0 Å². The average molecular weight is 467 g/mol. The van der Waals surface area contributed by atoms with Crippen molar-refractivity contribution in [2.45, 2.75) is 51.7 Å². The van der Waals surface area contributed by atoms with Gasteiger partial charge in [-0.2, -0.15) is 0 Å². The monoisotopic (exact) mass is 466 g/mol. The van der Waals surface area contributed by atoms with Gasteiger partial charge in [-0.1, -0.05) is 30.3 Å². The molecule has 1 aromatic rings. The van der Waals surface area contributed by atoms with Crippen molar-refractivity contribution in [1.29, 1.82) is 0 Å². The largest absolute Gasteiger partial charge is 0.367 e. The molecule has 2 amide bonds. The number of nitrogens with one attached hydrogen (secondary N) is 2. The lowest BCUT2D eigenvalue weighted by Crippen LogP contribution is -2.46. The number of carbonyl (C=O) groups excluding carboxylic acids is 2. The van der Waals surface area contributed by atoms with E-state index in [1.54, 1.807) is 19.1 Å². The van der Waals surface area contributed by atoms with Gasteiger partial charge >= 0.3 is 0 Å². The number of rotatable bonds is 9. The summed E-state index contributed by atoms with van der Waals surface area (Å²) in [5.74, 6) is 0.476. The van der Waals surface area contributed by atoms with Gasteiger partial charge in [0.15, 0.2) is 0 Å². The predicted octanol–water partition coefficient (Wildman–Crippen LogP) is 1.58. The van der Waals surface area contributed by atoms with Crippen LogP contribution in [0.1, 0.15) is 37.8 Å². The summed E-state index contributed by atoms with van der Waals surface area (Å²) in [5, 5.41) is 6.31. The van der Waals surface area contributed by atoms with E-state index in [4.69, 9.17) is 5.73 Å². The molecule has 1 atom stereocenters. The van der Waals surface area contributed by atoms with Gasteiger partial charge < -0.3 is 21.3 Å². The van der Waals surface area contributed by atoms with Crippen molar-refractivity contribution < 1.29 is 9.59 Å². The minimum atomic E-state index is -0.184. The smallest absolute Gasteiger partial charge is 0.251 e. The number of allylic oxidation sites excluding steroid dienone is 1. The van der Waals surface area contributed by atoms with E-state index in [9.17, 15) is 9.59 Å². The molecule has 0 spiro atoms. The lowest BCUT2D eigenvalue weighted by Gasteiger charge is -2.32. The fourth-order valence-corrected chi connectivity index (χ4v) is 4.54. The molecule has 0 aromatic heterocycles. The number of aliphatic imine (C=N–C) groups is 1. The van der Waals surface area contributed by atoms with Crippen LogP contribution in [-0.2, 0) is 22.6 Å². The Bertz CT molecular complexity index is 933. The van der Waals surface area contributed by atoms with Crippen LogP contribution in [0.3, 0.4) is 0 Å². The summed E-state index contributed by atoms with van der Waals surface area (Å²) in [5.41, 5.74) is 9.62. The number of likely N-dealkylation sites (tertiary alicyclic amines) is 1. The number of hydrogen-bond acceptors (Lipinski definition) is 6. The SMILES string of the molecule is C=N/C(=C\C(=C/C)C(=O)NCC(N)CN1CCc2ccccc2C1)NC1CCN(C(C)=O)CC1. The van der Waals surface area contributed by atoms with Crippen LogP contribution in [0.2, 0.25) is 0 Å².